The fraction of sp³-hybridized carbons (Fsp3) is 0.0769. The minimum absolute atomic E-state index is 0.374. The molecule has 4 aromatic carbocycles. The van der Waals surface area contributed by atoms with E-state index in [0.717, 1.165) is 12.1 Å². The molecule has 0 amide bonds. The third-order valence-corrected chi connectivity index (χ3v) is 9.77. The van der Waals surface area contributed by atoms with Gasteiger partial charge in [0.05, 0.1) is 11.3 Å². The van der Waals surface area contributed by atoms with Crippen LogP contribution in [0.2, 0.25) is 0 Å². The van der Waals surface area contributed by atoms with Crippen LogP contribution in [0.3, 0.4) is 0 Å². The Morgan fingerprint density at radius 2 is 0.971 bits per heavy atom. The summed E-state index contributed by atoms with van der Waals surface area (Å²) in [5.74, 6) is -1.64. The summed E-state index contributed by atoms with van der Waals surface area (Å²) < 4.78 is 84.5. The first-order chi connectivity index (χ1) is 16.1. The Labute approximate surface area is 193 Å². The summed E-state index contributed by atoms with van der Waals surface area (Å²) in [4.78, 5) is 0. The number of halogens is 6. The van der Waals surface area contributed by atoms with Gasteiger partial charge in [-0.15, -0.1) is 0 Å². The van der Waals surface area contributed by atoms with Crippen molar-refractivity contribution in [2.45, 2.75) is 6.18 Å². The van der Waals surface area contributed by atoms with Crippen LogP contribution in [0.1, 0.15) is 5.56 Å². The molecule has 0 aliphatic heterocycles. The first kappa shape index (κ1) is 23.8. The van der Waals surface area contributed by atoms with Crippen molar-refractivity contribution in [1.82, 2.24) is 0 Å². The van der Waals surface area contributed by atoms with E-state index >= 15 is 0 Å². The Balaban J connectivity index is 2.05. The first-order valence-electron chi connectivity index (χ1n) is 10.2. The van der Waals surface area contributed by atoms with Gasteiger partial charge in [0.2, 0.25) is 7.41 Å². The van der Waals surface area contributed by atoms with E-state index in [1.54, 1.807) is 29.9 Å². The van der Waals surface area contributed by atoms with Gasteiger partial charge < -0.3 is 0 Å². The van der Waals surface area contributed by atoms with E-state index in [2.05, 4.69) is 0 Å². The molecule has 0 aliphatic carbocycles. The van der Waals surface area contributed by atoms with Crippen molar-refractivity contribution in [2.75, 3.05) is 11.7 Å². The van der Waals surface area contributed by atoms with E-state index in [1.807, 2.05) is 0 Å². The minimum atomic E-state index is -4.52. The number of nitrogens with zero attached hydrogens (tertiary/aromatic N) is 1. The van der Waals surface area contributed by atoms with Crippen LogP contribution in [-0.2, 0) is 6.18 Å². The second-order valence-corrected chi connectivity index (χ2v) is 11.1. The molecule has 0 aromatic heterocycles. The summed E-state index contributed by atoms with van der Waals surface area (Å²) >= 11 is 0. The quantitative estimate of drug-likeness (QED) is 0.229. The molecule has 0 bridgehead atoms. The summed E-state index contributed by atoms with van der Waals surface area (Å²) in [5, 5.41) is 1.35. The van der Waals surface area contributed by atoms with Crippen molar-refractivity contribution in [3.63, 3.8) is 0 Å². The fourth-order valence-electron chi connectivity index (χ4n) is 4.04. The lowest BCUT2D eigenvalue weighted by Gasteiger charge is -2.36. The Morgan fingerprint density at radius 3 is 1.29 bits per heavy atom. The lowest BCUT2D eigenvalue weighted by atomic mass is 10.2. The van der Waals surface area contributed by atoms with E-state index < -0.39 is 36.6 Å². The Bertz CT molecular complexity index is 1190. The zero-order chi connectivity index (χ0) is 24.5. The van der Waals surface area contributed by atoms with Crippen LogP contribution >= 0.6 is 7.41 Å². The number of hydrogen-bond donors (Lipinski definition) is 0. The van der Waals surface area contributed by atoms with Crippen molar-refractivity contribution in [2.24, 2.45) is 0 Å². The van der Waals surface area contributed by atoms with E-state index in [4.69, 9.17) is 0 Å². The Kier molecular flexibility index (Phi) is 6.41. The van der Waals surface area contributed by atoms with Gasteiger partial charge in [-0.3, -0.25) is 0 Å². The van der Waals surface area contributed by atoms with E-state index in [1.165, 1.54) is 66.7 Å². The highest BCUT2D eigenvalue weighted by atomic mass is 31.2. The third kappa shape index (κ3) is 4.40. The molecule has 4 aromatic rings. The van der Waals surface area contributed by atoms with E-state index in [0.29, 0.717) is 21.6 Å². The van der Waals surface area contributed by atoms with Gasteiger partial charge in [0.25, 0.3) is 0 Å². The lowest BCUT2D eigenvalue weighted by molar-refractivity contribution is -0.137. The molecule has 34 heavy (non-hydrogen) atoms. The SMILES string of the molecule is CN(c1ccc(C(F)(F)F)cc1)[P+](c1cccc(F)c1)(c1cccc(F)c1)c1cccc(F)c1. The molecule has 174 valence electrons. The molecule has 4 rings (SSSR count). The van der Waals surface area contributed by atoms with Crippen LogP contribution < -0.4 is 20.6 Å². The molecule has 0 atom stereocenters. The second-order valence-electron chi connectivity index (χ2n) is 7.64. The molecule has 0 radical (unpaired) electrons. The number of rotatable bonds is 5. The maximum absolute atomic E-state index is 14.5. The van der Waals surface area contributed by atoms with Gasteiger partial charge in [-0.1, -0.05) is 18.2 Å². The van der Waals surface area contributed by atoms with Crippen molar-refractivity contribution in [3.8, 4) is 0 Å². The highest BCUT2D eigenvalue weighted by molar-refractivity contribution is 7.96. The van der Waals surface area contributed by atoms with Gasteiger partial charge >= 0.3 is 6.18 Å². The maximum atomic E-state index is 14.5. The van der Waals surface area contributed by atoms with Crippen LogP contribution in [0, 0.1) is 17.5 Å². The smallest absolute Gasteiger partial charge is 0.237 e. The van der Waals surface area contributed by atoms with Crippen LogP contribution in [-0.4, -0.2) is 7.05 Å². The largest absolute Gasteiger partial charge is 0.416 e. The van der Waals surface area contributed by atoms with Gasteiger partial charge in [0.15, 0.2) is 0 Å². The number of benzene rings is 4. The Morgan fingerprint density at radius 1 is 0.588 bits per heavy atom. The average Bonchev–Trinajstić information content (AvgIpc) is 2.79. The molecule has 0 saturated carbocycles. The maximum Gasteiger partial charge on any atom is 0.416 e. The van der Waals surface area contributed by atoms with Gasteiger partial charge in [-0.05, 0) is 60.7 Å². The summed E-state index contributed by atoms with van der Waals surface area (Å²) in [6.07, 6.45) is -4.52. The predicted molar refractivity (Wildman–Crippen MR) is 125 cm³/mol. The van der Waals surface area contributed by atoms with Gasteiger partial charge in [0.1, 0.15) is 33.4 Å². The van der Waals surface area contributed by atoms with Gasteiger partial charge in [-0.2, -0.15) is 13.2 Å². The van der Waals surface area contributed by atoms with Crippen molar-refractivity contribution < 1.29 is 26.3 Å². The monoisotopic (exact) mass is 490 g/mol. The standard InChI is InChI=1S/C26H19F6NP/c1-33(22-13-11-18(12-14-22)26(30,31)32)34(23-8-2-5-19(27)15-23,24-9-3-6-20(28)16-24)25-10-4-7-21(29)17-25/h2-17H,1H3/q+1. The zero-order valence-corrected chi connectivity index (χ0v) is 18.8. The normalized spacial score (nSPS) is 12.0. The summed E-state index contributed by atoms with van der Waals surface area (Å²) in [5.41, 5.74) is -0.449. The average molecular weight is 490 g/mol. The molecule has 8 heteroatoms. The summed E-state index contributed by atoms with van der Waals surface area (Å²) in [6.45, 7) is 0. The van der Waals surface area contributed by atoms with Gasteiger partial charge in [0, 0.05) is 25.2 Å². The van der Waals surface area contributed by atoms with Crippen LogP contribution in [0.5, 0.6) is 0 Å². The molecule has 0 N–H and O–H groups in total. The van der Waals surface area contributed by atoms with E-state index in [9.17, 15) is 26.3 Å². The van der Waals surface area contributed by atoms with Gasteiger partial charge in [-0.25, -0.2) is 17.8 Å². The third-order valence-electron chi connectivity index (χ3n) is 5.56. The molecule has 0 saturated heterocycles. The van der Waals surface area contributed by atoms with Crippen molar-refractivity contribution >= 4 is 29.0 Å². The second kappa shape index (κ2) is 9.15. The molecule has 0 heterocycles. The van der Waals surface area contributed by atoms with Crippen LogP contribution in [0.4, 0.5) is 32.0 Å². The zero-order valence-electron chi connectivity index (χ0n) is 17.9. The minimum Gasteiger partial charge on any atom is -0.237 e. The molecule has 0 unspecified atom stereocenters. The lowest BCUT2D eigenvalue weighted by Crippen LogP contribution is -2.42. The highest BCUT2D eigenvalue weighted by Crippen LogP contribution is 2.59. The molecular weight excluding hydrogens is 471 g/mol. The first-order valence-corrected chi connectivity index (χ1v) is 12.0. The van der Waals surface area contributed by atoms with Crippen molar-refractivity contribution in [3.05, 3.63) is 120 Å². The number of hydrogen-bond acceptors (Lipinski definition) is 1. The molecule has 1 nitrogen and oxygen atoms in total. The molecule has 0 fully saturated rings. The molecule has 0 spiro atoms. The van der Waals surface area contributed by atoms with Crippen LogP contribution in [0.15, 0.2) is 97.1 Å². The fourth-order valence-corrected chi connectivity index (χ4v) is 8.29. The molecule has 0 aliphatic rings. The van der Waals surface area contributed by atoms with Crippen molar-refractivity contribution in [1.29, 1.82) is 0 Å². The van der Waals surface area contributed by atoms with E-state index in [-0.39, 0.29) is 0 Å². The number of alkyl halides is 3. The summed E-state index contributed by atoms with van der Waals surface area (Å²) in [7, 11) is -1.53. The Hall–Kier alpha value is -3.31. The number of anilines is 1. The van der Waals surface area contributed by atoms with Crippen LogP contribution in [0.25, 0.3) is 0 Å². The topological polar surface area (TPSA) is 3.24 Å². The highest BCUT2D eigenvalue weighted by Gasteiger charge is 2.51. The molecular formula is C26H19F6NP+. The summed E-state index contributed by atoms with van der Waals surface area (Å²) in [6, 6.07) is 21.6. The predicted octanol–water partition coefficient (Wildman–Crippen LogP) is 6.47.